The van der Waals surface area contributed by atoms with Crippen molar-refractivity contribution in [3.8, 4) is 5.75 Å². The van der Waals surface area contributed by atoms with Crippen LogP contribution in [0.2, 0.25) is 5.02 Å². The topological polar surface area (TPSA) is 75.7 Å². The van der Waals surface area contributed by atoms with Gasteiger partial charge < -0.3 is 10.1 Å². The van der Waals surface area contributed by atoms with E-state index in [2.05, 4.69) is 5.32 Å². The number of rotatable bonds is 8. The molecule has 2 aromatic rings. The van der Waals surface area contributed by atoms with E-state index in [1.165, 1.54) is 22.5 Å². The lowest BCUT2D eigenvalue weighted by Gasteiger charge is -2.26. The second kappa shape index (κ2) is 10.7. The summed E-state index contributed by atoms with van der Waals surface area (Å²) in [5.41, 5.74) is 0.997. The van der Waals surface area contributed by atoms with E-state index in [1.807, 2.05) is 37.4 Å². The number of piperidine rings is 1. The highest BCUT2D eigenvalue weighted by Gasteiger charge is 2.26. The van der Waals surface area contributed by atoms with Gasteiger partial charge in [-0.15, -0.1) is 11.8 Å². The van der Waals surface area contributed by atoms with Crippen LogP contribution >= 0.6 is 23.4 Å². The summed E-state index contributed by atoms with van der Waals surface area (Å²) in [6, 6.07) is 12.2. The van der Waals surface area contributed by atoms with Gasteiger partial charge in [-0.25, -0.2) is 8.42 Å². The smallest absolute Gasteiger partial charge is 0.258 e. The Labute approximate surface area is 193 Å². The van der Waals surface area contributed by atoms with Crippen LogP contribution < -0.4 is 10.1 Å². The van der Waals surface area contributed by atoms with Gasteiger partial charge in [0.15, 0.2) is 6.61 Å². The molecule has 0 unspecified atom stereocenters. The molecule has 0 saturated carbocycles. The van der Waals surface area contributed by atoms with Crippen molar-refractivity contribution < 1.29 is 17.9 Å². The standard InChI is InChI=1S/C22H27ClN2O4S2/c1-16(17-6-8-18(30-2)9-7-17)24-22(26)15-29-21-11-10-19(14-20(21)23)31(27,28)25-12-4-3-5-13-25/h6-11,14,16H,3-5,12-13,15H2,1-2H3,(H,24,26)/t16-/m1/s1. The Morgan fingerprint density at radius 3 is 2.45 bits per heavy atom. The minimum atomic E-state index is -3.57. The van der Waals surface area contributed by atoms with Crippen LogP contribution in [0, 0.1) is 0 Å². The van der Waals surface area contributed by atoms with E-state index in [0.29, 0.717) is 13.1 Å². The number of hydrogen-bond acceptors (Lipinski definition) is 5. The van der Waals surface area contributed by atoms with E-state index in [4.69, 9.17) is 16.3 Å². The zero-order valence-corrected chi connectivity index (χ0v) is 20.0. The van der Waals surface area contributed by atoms with Gasteiger partial charge >= 0.3 is 0 Å². The molecule has 168 valence electrons. The number of amides is 1. The molecule has 0 bridgehead atoms. The van der Waals surface area contributed by atoms with Gasteiger partial charge in [0.25, 0.3) is 5.91 Å². The Morgan fingerprint density at radius 2 is 1.84 bits per heavy atom. The van der Waals surface area contributed by atoms with Crippen molar-refractivity contribution >= 4 is 39.3 Å². The van der Waals surface area contributed by atoms with Crippen LogP contribution in [0.5, 0.6) is 5.75 Å². The van der Waals surface area contributed by atoms with Crippen molar-refractivity contribution in [2.45, 2.75) is 42.0 Å². The Bertz CT molecular complexity index is 1010. The predicted molar refractivity (Wildman–Crippen MR) is 124 cm³/mol. The molecule has 1 aliphatic rings. The first-order valence-corrected chi connectivity index (χ1v) is 13.2. The first kappa shape index (κ1) is 23.9. The largest absolute Gasteiger partial charge is 0.482 e. The highest BCUT2D eigenvalue weighted by Crippen LogP contribution is 2.29. The minimum absolute atomic E-state index is 0.138. The number of carbonyl (C=O) groups is 1. The summed E-state index contributed by atoms with van der Waals surface area (Å²) in [6.45, 7) is 2.73. The van der Waals surface area contributed by atoms with Crippen LogP contribution in [-0.2, 0) is 14.8 Å². The Kier molecular flexibility index (Phi) is 8.27. The van der Waals surface area contributed by atoms with E-state index in [1.54, 1.807) is 11.8 Å². The molecule has 1 saturated heterocycles. The summed E-state index contributed by atoms with van der Waals surface area (Å²) in [4.78, 5) is 13.6. The molecule has 1 atom stereocenters. The van der Waals surface area contributed by atoms with Gasteiger partial charge in [-0.05, 0) is 61.9 Å². The normalized spacial score (nSPS) is 16.0. The number of hydrogen-bond donors (Lipinski definition) is 1. The summed E-state index contributed by atoms with van der Waals surface area (Å²) >= 11 is 7.91. The third-order valence-corrected chi connectivity index (χ3v) is 8.14. The lowest BCUT2D eigenvalue weighted by atomic mass is 10.1. The average molecular weight is 483 g/mol. The summed E-state index contributed by atoms with van der Waals surface area (Å²) in [6.07, 6.45) is 4.79. The van der Waals surface area contributed by atoms with Gasteiger partial charge in [0, 0.05) is 18.0 Å². The van der Waals surface area contributed by atoms with E-state index < -0.39 is 10.0 Å². The molecule has 1 N–H and O–H groups in total. The third-order valence-electron chi connectivity index (χ3n) is 5.21. The van der Waals surface area contributed by atoms with Crippen molar-refractivity contribution in [3.05, 3.63) is 53.1 Å². The van der Waals surface area contributed by atoms with E-state index in [9.17, 15) is 13.2 Å². The van der Waals surface area contributed by atoms with Crippen molar-refractivity contribution in [1.29, 1.82) is 0 Å². The number of halogens is 1. The lowest BCUT2D eigenvalue weighted by molar-refractivity contribution is -0.123. The van der Waals surface area contributed by atoms with Crippen LogP contribution in [0.1, 0.15) is 37.8 Å². The number of nitrogens with zero attached hydrogens (tertiary/aromatic N) is 1. The maximum absolute atomic E-state index is 12.8. The van der Waals surface area contributed by atoms with Crippen molar-refractivity contribution in [2.75, 3.05) is 26.0 Å². The number of ether oxygens (including phenoxy) is 1. The molecule has 3 rings (SSSR count). The van der Waals surface area contributed by atoms with Gasteiger partial charge in [-0.2, -0.15) is 4.31 Å². The summed E-state index contributed by atoms with van der Waals surface area (Å²) in [5.74, 6) is -0.0195. The third kappa shape index (κ3) is 6.16. The maximum atomic E-state index is 12.8. The molecular formula is C22H27ClN2O4S2. The van der Waals surface area contributed by atoms with Gasteiger partial charge in [-0.1, -0.05) is 30.2 Å². The summed E-state index contributed by atoms with van der Waals surface area (Å²) < 4.78 is 32.6. The SMILES string of the molecule is CSc1ccc([C@@H](C)NC(=O)COc2ccc(S(=O)(=O)N3CCCCC3)cc2Cl)cc1. The zero-order valence-electron chi connectivity index (χ0n) is 17.6. The highest BCUT2D eigenvalue weighted by atomic mass is 35.5. The second-order valence-electron chi connectivity index (χ2n) is 7.41. The molecule has 0 aromatic heterocycles. The molecule has 0 radical (unpaired) electrons. The fraction of sp³-hybridized carbons (Fsp3) is 0.409. The minimum Gasteiger partial charge on any atom is -0.482 e. The van der Waals surface area contributed by atoms with Crippen LogP contribution in [0.3, 0.4) is 0 Å². The van der Waals surface area contributed by atoms with Gasteiger partial charge in [0.05, 0.1) is 16.0 Å². The number of sulfonamides is 1. The molecule has 9 heteroatoms. The zero-order chi connectivity index (χ0) is 22.4. The molecule has 31 heavy (non-hydrogen) atoms. The van der Waals surface area contributed by atoms with E-state index in [0.717, 1.165) is 29.7 Å². The molecule has 1 fully saturated rings. The van der Waals surface area contributed by atoms with Crippen molar-refractivity contribution in [2.24, 2.45) is 0 Å². The molecule has 0 aliphatic carbocycles. The number of nitrogens with one attached hydrogen (secondary N) is 1. The number of thioether (sulfide) groups is 1. The highest BCUT2D eigenvalue weighted by molar-refractivity contribution is 7.98. The van der Waals surface area contributed by atoms with Crippen molar-refractivity contribution in [3.63, 3.8) is 0 Å². The average Bonchev–Trinajstić information content (AvgIpc) is 2.78. The number of carbonyl (C=O) groups excluding carboxylic acids is 1. The van der Waals surface area contributed by atoms with Gasteiger partial charge in [0.2, 0.25) is 10.0 Å². The van der Waals surface area contributed by atoms with Gasteiger partial charge in [0.1, 0.15) is 5.75 Å². The molecular weight excluding hydrogens is 456 g/mol. The fourth-order valence-corrected chi connectivity index (χ4v) is 5.67. The molecule has 1 amide bonds. The van der Waals surface area contributed by atoms with E-state index >= 15 is 0 Å². The van der Waals surface area contributed by atoms with Crippen molar-refractivity contribution in [1.82, 2.24) is 9.62 Å². The molecule has 1 heterocycles. The summed E-state index contributed by atoms with van der Waals surface area (Å²) in [7, 11) is -3.57. The van der Waals surface area contributed by atoms with E-state index in [-0.39, 0.29) is 34.2 Å². The fourth-order valence-electron chi connectivity index (χ4n) is 3.42. The second-order valence-corrected chi connectivity index (χ2v) is 10.6. The van der Waals surface area contributed by atoms with Crippen LogP contribution in [-0.4, -0.2) is 44.6 Å². The van der Waals surface area contributed by atoms with Gasteiger partial charge in [-0.3, -0.25) is 4.79 Å². The number of benzene rings is 2. The first-order chi connectivity index (χ1) is 14.8. The Balaban J connectivity index is 1.58. The Hall–Kier alpha value is -1.74. The summed E-state index contributed by atoms with van der Waals surface area (Å²) in [5, 5.41) is 3.04. The van der Waals surface area contributed by atoms with Crippen LogP contribution in [0.25, 0.3) is 0 Å². The predicted octanol–water partition coefficient (Wildman–Crippen LogP) is 4.49. The molecule has 1 aliphatic heterocycles. The molecule has 2 aromatic carbocycles. The monoisotopic (exact) mass is 482 g/mol. The van der Waals surface area contributed by atoms with Crippen LogP contribution in [0.4, 0.5) is 0 Å². The Morgan fingerprint density at radius 1 is 1.16 bits per heavy atom. The molecule has 0 spiro atoms. The lowest BCUT2D eigenvalue weighted by Crippen LogP contribution is -2.35. The molecule has 6 nitrogen and oxygen atoms in total. The maximum Gasteiger partial charge on any atom is 0.258 e. The van der Waals surface area contributed by atoms with Crippen LogP contribution in [0.15, 0.2) is 52.3 Å². The first-order valence-electron chi connectivity index (χ1n) is 10.2. The quantitative estimate of drug-likeness (QED) is 0.561.